The van der Waals surface area contributed by atoms with Gasteiger partial charge in [0.2, 0.25) is 5.91 Å². The van der Waals surface area contributed by atoms with Crippen molar-refractivity contribution in [3.8, 4) is 0 Å². The molecule has 0 unspecified atom stereocenters. The van der Waals surface area contributed by atoms with Gasteiger partial charge in [-0.05, 0) is 24.3 Å². The number of nitrogens with zero attached hydrogens (tertiary/aromatic N) is 2. The molecule has 0 aliphatic carbocycles. The van der Waals surface area contributed by atoms with Crippen LogP contribution in [0.3, 0.4) is 0 Å². The Balaban J connectivity index is 2.32. The average molecular weight is 269 g/mol. The van der Waals surface area contributed by atoms with Gasteiger partial charge in [-0.25, -0.2) is 0 Å². The third-order valence-electron chi connectivity index (χ3n) is 2.88. The van der Waals surface area contributed by atoms with Crippen LogP contribution < -0.4 is 5.32 Å². The summed E-state index contributed by atoms with van der Waals surface area (Å²) >= 11 is 3.97. The molecule has 3 rings (SSSR count). The number of hydrogen-bond acceptors (Lipinski definition) is 4. The van der Waals surface area contributed by atoms with Crippen LogP contribution in [0, 0.1) is 0 Å². The molecular formula is C14H11N3OS. The van der Waals surface area contributed by atoms with Gasteiger partial charge in [-0.2, -0.15) is 12.6 Å². The van der Waals surface area contributed by atoms with Crippen LogP contribution in [0.2, 0.25) is 0 Å². The molecule has 3 aromatic rings. The highest BCUT2D eigenvalue weighted by atomic mass is 32.1. The van der Waals surface area contributed by atoms with E-state index < -0.39 is 0 Å². The maximum Gasteiger partial charge on any atom is 0.234 e. The average Bonchev–Trinajstić information content (AvgIpc) is 2.47. The molecule has 0 saturated carbocycles. The molecule has 0 atom stereocenters. The lowest BCUT2D eigenvalue weighted by molar-refractivity contribution is -0.113. The molecule has 0 saturated heterocycles. The third kappa shape index (κ3) is 2.13. The first-order valence-corrected chi connectivity index (χ1v) is 6.46. The number of benzene rings is 1. The van der Waals surface area contributed by atoms with Gasteiger partial charge in [0, 0.05) is 23.2 Å². The van der Waals surface area contributed by atoms with E-state index in [2.05, 4.69) is 27.9 Å². The zero-order chi connectivity index (χ0) is 13.2. The topological polar surface area (TPSA) is 54.9 Å². The zero-order valence-electron chi connectivity index (χ0n) is 10.00. The summed E-state index contributed by atoms with van der Waals surface area (Å²) in [6.45, 7) is 0. The van der Waals surface area contributed by atoms with Crippen LogP contribution in [0.25, 0.3) is 21.8 Å². The maximum absolute atomic E-state index is 11.5. The molecule has 94 valence electrons. The molecule has 1 amide bonds. The number of pyridine rings is 2. The van der Waals surface area contributed by atoms with E-state index in [1.165, 1.54) is 0 Å². The molecule has 1 aromatic carbocycles. The van der Waals surface area contributed by atoms with Crippen LogP contribution in [-0.4, -0.2) is 21.6 Å². The summed E-state index contributed by atoms with van der Waals surface area (Å²) in [5, 5.41) is 4.67. The lowest BCUT2D eigenvalue weighted by Crippen LogP contribution is -2.13. The van der Waals surface area contributed by atoms with Gasteiger partial charge in [0.1, 0.15) is 0 Å². The fraction of sp³-hybridized carbons (Fsp3) is 0.0714. The number of carbonyl (C=O) groups is 1. The molecule has 4 nitrogen and oxygen atoms in total. The Labute approximate surface area is 115 Å². The fourth-order valence-corrected chi connectivity index (χ4v) is 2.15. The first-order valence-electron chi connectivity index (χ1n) is 5.83. The Hall–Kier alpha value is -2.14. The third-order valence-corrected chi connectivity index (χ3v) is 3.17. The summed E-state index contributed by atoms with van der Waals surface area (Å²) in [4.78, 5) is 20.3. The predicted molar refractivity (Wildman–Crippen MR) is 79.5 cm³/mol. The van der Waals surface area contributed by atoms with Crippen molar-refractivity contribution in [3.63, 3.8) is 0 Å². The number of nitrogens with one attached hydrogen (secondary N) is 1. The number of hydrogen-bond donors (Lipinski definition) is 2. The van der Waals surface area contributed by atoms with E-state index in [1.54, 1.807) is 12.4 Å². The molecule has 0 aliphatic rings. The van der Waals surface area contributed by atoms with E-state index in [-0.39, 0.29) is 11.7 Å². The number of amides is 1. The summed E-state index contributed by atoms with van der Waals surface area (Å²) in [7, 11) is 0. The molecule has 1 N–H and O–H groups in total. The van der Waals surface area contributed by atoms with Crippen molar-refractivity contribution in [1.82, 2.24) is 9.97 Å². The van der Waals surface area contributed by atoms with Crippen molar-refractivity contribution in [1.29, 1.82) is 0 Å². The second-order valence-electron chi connectivity index (χ2n) is 4.11. The van der Waals surface area contributed by atoms with E-state index in [1.807, 2.05) is 30.3 Å². The molecule has 2 heterocycles. The predicted octanol–water partition coefficient (Wildman–Crippen LogP) is 2.65. The lowest BCUT2D eigenvalue weighted by Gasteiger charge is -2.09. The first-order chi connectivity index (χ1) is 9.29. The van der Waals surface area contributed by atoms with Crippen LogP contribution >= 0.6 is 12.6 Å². The van der Waals surface area contributed by atoms with Gasteiger partial charge in [0.05, 0.1) is 22.5 Å². The molecule has 0 radical (unpaired) electrons. The highest BCUT2D eigenvalue weighted by Crippen LogP contribution is 2.29. The van der Waals surface area contributed by atoms with Gasteiger partial charge in [0.15, 0.2) is 0 Å². The second-order valence-corrected chi connectivity index (χ2v) is 4.42. The number of aromatic nitrogens is 2. The lowest BCUT2D eigenvalue weighted by atomic mass is 10.1. The molecule has 0 spiro atoms. The van der Waals surface area contributed by atoms with E-state index in [0.717, 1.165) is 27.5 Å². The molecule has 0 bridgehead atoms. The summed E-state index contributed by atoms with van der Waals surface area (Å²) in [5.74, 6) is 0.00375. The summed E-state index contributed by atoms with van der Waals surface area (Å²) < 4.78 is 0. The van der Waals surface area contributed by atoms with Gasteiger partial charge < -0.3 is 5.32 Å². The van der Waals surface area contributed by atoms with E-state index in [9.17, 15) is 4.79 Å². The normalized spacial score (nSPS) is 10.8. The quantitative estimate of drug-likeness (QED) is 0.555. The second kappa shape index (κ2) is 4.85. The number of fused-ring (bicyclic) bond motifs is 3. The van der Waals surface area contributed by atoms with E-state index >= 15 is 0 Å². The highest BCUT2D eigenvalue weighted by molar-refractivity contribution is 7.81. The Bertz CT molecular complexity index is 773. The van der Waals surface area contributed by atoms with E-state index in [4.69, 9.17) is 0 Å². The molecular weight excluding hydrogens is 258 g/mol. The SMILES string of the molecule is O=C(CS)Nc1cc2cccnc2c2ncccc12. The standard InChI is InChI=1S/C14H11N3OS/c18-12(8-19)17-11-7-9-3-1-5-15-13(9)14-10(11)4-2-6-16-14/h1-7,19H,8H2,(H,17,18). The molecule has 19 heavy (non-hydrogen) atoms. The van der Waals surface area contributed by atoms with Crippen LogP contribution in [0.5, 0.6) is 0 Å². The van der Waals surface area contributed by atoms with Gasteiger partial charge >= 0.3 is 0 Å². The zero-order valence-corrected chi connectivity index (χ0v) is 10.9. The Morgan fingerprint density at radius 1 is 1.16 bits per heavy atom. The summed E-state index contributed by atoms with van der Waals surface area (Å²) in [5.41, 5.74) is 2.36. The summed E-state index contributed by atoms with van der Waals surface area (Å²) in [6, 6.07) is 9.49. The first kappa shape index (κ1) is 11.9. The van der Waals surface area contributed by atoms with Crippen LogP contribution in [0.15, 0.2) is 42.7 Å². The van der Waals surface area contributed by atoms with Crippen molar-refractivity contribution in [2.75, 3.05) is 11.1 Å². The highest BCUT2D eigenvalue weighted by Gasteiger charge is 2.09. The van der Waals surface area contributed by atoms with Crippen molar-refractivity contribution in [3.05, 3.63) is 42.7 Å². The Morgan fingerprint density at radius 2 is 1.89 bits per heavy atom. The van der Waals surface area contributed by atoms with Crippen LogP contribution in [0.4, 0.5) is 5.69 Å². The van der Waals surface area contributed by atoms with Gasteiger partial charge in [-0.15, -0.1) is 0 Å². The van der Waals surface area contributed by atoms with Crippen molar-refractivity contribution >= 4 is 46.0 Å². The molecule has 5 heteroatoms. The minimum absolute atomic E-state index is 0.142. The van der Waals surface area contributed by atoms with Crippen molar-refractivity contribution in [2.45, 2.75) is 0 Å². The van der Waals surface area contributed by atoms with Crippen molar-refractivity contribution < 1.29 is 4.79 Å². The van der Waals surface area contributed by atoms with Gasteiger partial charge in [-0.1, -0.05) is 6.07 Å². The molecule has 2 aromatic heterocycles. The van der Waals surface area contributed by atoms with Gasteiger partial charge in [0.25, 0.3) is 0 Å². The minimum atomic E-state index is -0.142. The number of carbonyl (C=O) groups excluding carboxylic acids is 1. The fourth-order valence-electron chi connectivity index (χ4n) is 2.07. The molecule has 0 aliphatic heterocycles. The number of rotatable bonds is 2. The van der Waals surface area contributed by atoms with Gasteiger partial charge in [-0.3, -0.25) is 14.8 Å². The molecule has 0 fully saturated rings. The maximum atomic E-state index is 11.5. The summed E-state index contributed by atoms with van der Waals surface area (Å²) in [6.07, 6.45) is 3.46. The Morgan fingerprint density at radius 3 is 2.68 bits per heavy atom. The Kier molecular flexibility index (Phi) is 3.05. The van der Waals surface area contributed by atoms with Crippen molar-refractivity contribution in [2.24, 2.45) is 0 Å². The van der Waals surface area contributed by atoms with E-state index in [0.29, 0.717) is 0 Å². The smallest absolute Gasteiger partial charge is 0.234 e. The number of anilines is 1. The number of thiol groups is 1. The largest absolute Gasteiger partial charge is 0.325 e. The minimum Gasteiger partial charge on any atom is -0.325 e. The van der Waals surface area contributed by atoms with Crippen LogP contribution in [-0.2, 0) is 4.79 Å². The van der Waals surface area contributed by atoms with Crippen LogP contribution in [0.1, 0.15) is 0 Å². The monoisotopic (exact) mass is 269 g/mol.